The fraction of sp³-hybridized carbons (Fsp3) is 0.735. The molecule has 6 rings (SSSR count). The lowest BCUT2D eigenvalue weighted by Crippen LogP contribution is -2.61. The van der Waals surface area contributed by atoms with Crippen LogP contribution in [-0.2, 0) is 30.4 Å². The quantitative estimate of drug-likeness (QED) is 0.187. The maximum Gasteiger partial charge on any atom is 0.534 e. The zero-order valence-electron chi connectivity index (χ0n) is 25.7. The molecular weight excluding hydrogens is 577 g/mol. The van der Waals surface area contributed by atoms with Crippen molar-refractivity contribution in [2.75, 3.05) is 0 Å². The molecule has 8 unspecified atom stereocenters. The van der Waals surface area contributed by atoms with Crippen LogP contribution in [0.15, 0.2) is 42.2 Å². The van der Waals surface area contributed by atoms with Gasteiger partial charge in [0.05, 0.1) is 5.41 Å². The minimum atomic E-state index is -5.72. The predicted octanol–water partition coefficient (Wildman–Crippen LogP) is 8.56. The van der Waals surface area contributed by atoms with E-state index in [1.165, 1.54) is 0 Å². The lowest BCUT2D eigenvalue weighted by Gasteiger charge is -2.68. The number of carbonyl (C=O) groups is 1. The fourth-order valence-electron chi connectivity index (χ4n) is 11.3. The second-order valence-electron chi connectivity index (χ2n) is 15.2. The minimum Gasteiger partial charge on any atom is -0.460 e. The highest BCUT2D eigenvalue weighted by Gasteiger charge is 2.67. The molecule has 4 fully saturated rings. The first-order chi connectivity index (χ1) is 20.1. The van der Waals surface area contributed by atoms with Crippen LogP contribution in [0, 0.1) is 51.2 Å². The summed E-state index contributed by atoms with van der Waals surface area (Å²) >= 11 is 0. The van der Waals surface area contributed by atoms with E-state index in [9.17, 15) is 26.4 Å². The number of alkyl halides is 3. The smallest absolute Gasteiger partial charge is 0.460 e. The van der Waals surface area contributed by atoms with Gasteiger partial charge in [0.1, 0.15) is 12.4 Å². The standard InChI is InChI=1S/C34H45F3O5S/c1-30(2)26-15-18-31(3)24-14-20-33(29(38)41-21-22-9-6-5-7-10-22)17-8-11-25(33)23(24)12-13-27(31)32(26,4)19-16-28(30)42-43(39,40)34(35,36)37/h5-7,9-10,16,23-27H,8,11-15,17-21H2,1-4H3. The molecule has 9 heteroatoms. The van der Waals surface area contributed by atoms with Crippen molar-refractivity contribution in [1.29, 1.82) is 0 Å². The maximum atomic E-state index is 13.8. The molecule has 0 saturated heterocycles. The number of carbonyl (C=O) groups excluding carboxylic acids is 1. The Labute approximate surface area is 254 Å². The van der Waals surface area contributed by atoms with Crippen LogP contribution < -0.4 is 0 Å². The topological polar surface area (TPSA) is 69.7 Å². The summed E-state index contributed by atoms with van der Waals surface area (Å²) in [7, 11) is -5.72. The molecular formula is C34H45F3O5S. The molecule has 0 radical (unpaired) electrons. The van der Waals surface area contributed by atoms with E-state index < -0.39 is 26.5 Å². The molecule has 0 aromatic heterocycles. The Hall–Kier alpha value is -2.03. The zero-order valence-corrected chi connectivity index (χ0v) is 26.5. The van der Waals surface area contributed by atoms with Crippen LogP contribution in [0.4, 0.5) is 13.2 Å². The normalized spacial score (nSPS) is 40.3. The average molecular weight is 623 g/mol. The van der Waals surface area contributed by atoms with E-state index in [1.807, 2.05) is 44.2 Å². The summed E-state index contributed by atoms with van der Waals surface area (Å²) in [6.07, 6.45) is 10.8. The van der Waals surface area contributed by atoms with Gasteiger partial charge in [-0.25, -0.2) is 0 Å². The van der Waals surface area contributed by atoms with E-state index in [0.29, 0.717) is 36.7 Å². The second-order valence-corrected chi connectivity index (χ2v) is 16.8. The van der Waals surface area contributed by atoms with Crippen LogP contribution in [0.1, 0.15) is 97.5 Å². The first-order valence-electron chi connectivity index (χ1n) is 16.0. The molecule has 238 valence electrons. The van der Waals surface area contributed by atoms with E-state index in [1.54, 1.807) is 6.08 Å². The van der Waals surface area contributed by atoms with Gasteiger partial charge < -0.3 is 8.92 Å². The molecule has 5 aliphatic rings. The Morgan fingerprint density at radius 3 is 2.30 bits per heavy atom. The Morgan fingerprint density at radius 2 is 1.60 bits per heavy atom. The van der Waals surface area contributed by atoms with Gasteiger partial charge in [0, 0.05) is 5.41 Å². The van der Waals surface area contributed by atoms with Crippen LogP contribution in [0.5, 0.6) is 0 Å². The minimum absolute atomic E-state index is 0.000171. The lowest BCUT2D eigenvalue weighted by molar-refractivity contribution is -0.194. The largest absolute Gasteiger partial charge is 0.534 e. The molecule has 5 nitrogen and oxygen atoms in total. The van der Waals surface area contributed by atoms with Crippen molar-refractivity contribution >= 4 is 16.1 Å². The third-order valence-electron chi connectivity index (χ3n) is 13.1. The van der Waals surface area contributed by atoms with Gasteiger partial charge in [0.2, 0.25) is 0 Å². The molecule has 1 aromatic rings. The third kappa shape index (κ3) is 4.68. The van der Waals surface area contributed by atoms with Crippen molar-refractivity contribution in [3.05, 3.63) is 47.7 Å². The van der Waals surface area contributed by atoms with Gasteiger partial charge in [-0.1, -0.05) is 64.4 Å². The van der Waals surface area contributed by atoms with E-state index in [-0.39, 0.29) is 28.5 Å². The molecule has 5 aliphatic carbocycles. The summed E-state index contributed by atoms with van der Waals surface area (Å²) in [5.74, 6) is 1.53. The first kappa shape index (κ1) is 31.0. The van der Waals surface area contributed by atoms with Crippen molar-refractivity contribution in [3.63, 3.8) is 0 Å². The second kappa shape index (κ2) is 10.2. The lowest BCUT2D eigenvalue weighted by atomic mass is 9.37. The fourth-order valence-corrected chi connectivity index (χ4v) is 11.9. The van der Waals surface area contributed by atoms with Crippen molar-refractivity contribution in [2.45, 2.75) is 104 Å². The number of hydrogen-bond donors (Lipinski definition) is 0. The number of rotatable bonds is 5. The van der Waals surface area contributed by atoms with Crippen molar-refractivity contribution in [1.82, 2.24) is 0 Å². The summed E-state index contributed by atoms with van der Waals surface area (Å²) < 4.78 is 74.3. The maximum absolute atomic E-state index is 13.8. The Kier molecular flexibility index (Phi) is 7.38. The van der Waals surface area contributed by atoms with Gasteiger partial charge in [0.15, 0.2) is 0 Å². The number of allylic oxidation sites excluding steroid dienone is 2. The number of fused-ring (bicyclic) bond motifs is 7. The van der Waals surface area contributed by atoms with Crippen LogP contribution in [0.3, 0.4) is 0 Å². The summed E-state index contributed by atoms with van der Waals surface area (Å²) in [6, 6.07) is 9.85. The SMILES string of the molecule is CC1(C)C(OS(=O)(=O)C(F)(F)F)=CCC2(C)C1CCC1(C)C3CCC4(C(=O)OCc5ccccc5)CCCC4C3CCC12. The number of esters is 1. The molecule has 0 heterocycles. The highest BCUT2D eigenvalue weighted by atomic mass is 32.2. The Balaban J connectivity index is 1.23. The first-order valence-corrected chi connectivity index (χ1v) is 17.4. The molecule has 0 spiro atoms. The summed E-state index contributed by atoms with van der Waals surface area (Å²) in [5, 5.41) is 0. The van der Waals surface area contributed by atoms with E-state index in [0.717, 1.165) is 63.4 Å². The van der Waals surface area contributed by atoms with Crippen molar-refractivity contribution in [3.8, 4) is 0 Å². The highest BCUT2D eigenvalue weighted by Crippen LogP contribution is 2.73. The number of ether oxygens (including phenoxy) is 1. The number of hydrogen-bond acceptors (Lipinski definition) is 5. The zero-order chi connectivity index (χ0) is 31.1. The van der Waals surface area contributed by atoms with Gasteiger partial charge in [0.25, 0.3) is 0 Å². The number of benzene rings is 1. The average Bonchev–Trinajstić information content (AvgIpc) is 3.39. The predicted molar refractivity (Wildman–Crippen MR) is 156 cm³/mol. The number of halogens is 3. The van der Waals surface area contributed by atoms with Crippen LogP contribution in [0.25, 0.3) is 0 Å². The van der Waals surface area contributed by atoms with Crippen LogP contribution in [0.2, 0.25) is 0 Å². The Morgan fingerprint density at radius 1 is 0.884 bits per heavy atom. The Bertz CT molecular complexity index is 1390. The molecule has 1 aromatic carbocycles. The molecule has 0 bridgehead atoms. The van der Waals surface area contributed by atoms with Crippen LogP contribution >= 0.6 is 0 Å². The summed E-state index contributed by atoms with van der Waals surface area (Å²) in [5.41, 5.74) is -5.83. The molecule has 0 aliphatic heterocycles. The van der Waals surface area contributed by atoms with Gasteiger partial charge >= 0.3 is 21.6 Å². The van der Waals surface area contributed by atoms with Gasteiger partial charge in [-0.15, -0.1) is 0 Å². The van der Waals surface area contributed by atoms with Crippen LogP contribution in [-0.4, -0.2) is 19.9 Å². The molecule has 0 amide bonds. The molecule has 43 heavy (non-hydrogen) atoms. The van der Waals surface area contributed by atoms with Gasteiger partial charge in [-0.05, 0) is 110 Å². The highest BCUT2D eigenvalue weighted by molar-refractivity contribution is 7.87. The van der Waals surface area contributed by atoms with Crippen molar-refractivity contribution in [2.24, 2.45) is 51.2 Å². The molecule has 8 atom stereocenters. The summed E-state index contributed by atoms with van der Waals surface area (Å²) in [6.45, 7) is 8.70. The van der Waals surface area contributed by atoms with E-state index in [4.69, 9.17) is 8.92 Å². The molecule has 4 saturated carbocycles. The summed E-state index contributed by atoms with van der Waals surface area (Å²) in [4.78, 5) is 13.8. The third-order valence-corrected chi connectivity index (χ3v) is 14.1. The van der Waals surface area contributed by atoms with Gasteiger partial charge in [-0.3, -0.25) is 4.79 Å². The monoisotopic (exact) mass is 622 g/mol. The van der Waals surface area contributed by atoms with E-state index in [2.05, 4.69) is 13.8 Å². The van der Waals surface area contributed by atoms with Crippen molar-refractivity contribution < 1.29 is 35.3 Å². The van der Waals surface area contributed by atoms with Gasteiger partial charge in [-0.2, -0.15) is 21.6 Å². The van der Waals surface area contributed by atoms with E-state index >= 15 is 0 Å². The molecule has 0 N–H and O–H groups in total.